The largest absolute Gasteiger partial charge is 0.489 e. The number of likely N-dealkylation sites (tertiary alicyclic amines) is 1. The third kappa shape index (κ3) is 3.69. The fourth-order valence-electron chi connectivity index (χ4n) is 4.05. The number of methoxy groups -OCH3 is 1. The van der Waals surface area contributed by atoms with E-state index < -0.39 is 0 Å². The molecule has 2 aromatic carbocycles. The molecular weight excluding hydrogens is 362 g/mol. The van der Waals surface area contributed by atoms with Gasteiger partial charge in [-0.15, -0.1) is 0 Å². The minimum atomic E-state index is -0.0945. The molecule has 27 heavy (non-hydrogen) atoms. The van der Waals surface area contributed by atoms with Gasteiger partial charge in [-0.05, 0) is 54.7 Å². The average Bonchev–Trinajstić information content (AvgIpc) is 3.02. The number of carbonyl (C=O) groups is 1. The lowest BCUT2D eigenvalue weighted by Crippen LogP contribution is -2.51. The first kappa shape index (κ1) is 18.3. The smallest absolute Gasteiger partial charge is 0.311 e. The number of rotatable bonds is 5. The van der Waals surface area contributed by atoms with Crippen LogP contribution >= 0.6 is 11.6 Å². The summed E-state index contributed by atoms with van der Waals surface area (Å²) in [4.78, 5) is 14.0. The predicted octanol–water partition coefficient (Wildman–Crippen LogP) is 4.32. The lowest BCUT2D eigenvalue weighted by Gasteiger charge is -2.41. The van der Waals surface area contributed by atoms with E-state index in [0.717, 1.165) is 47.8 Å². The second-order valence-electron chi connectivity index (χ2n) is 7.47. The monoisotopic (exact) mass is 385 g/mol. The molecule has 0 saturated carbocycles. The minimum absolute atomic E-state index is 0.0286. The van der Waals surface area contributed by atoms with Gasteiger partial charge in [0.1, 0.15) is 12.4 Å². The van der Waals surface area contributed by atoms with Crippen molar-refractivity contribution in [2.45, 2.75) is 32.4 Å². The van der Waals surface area contributed by atoms with Gasteiger partial charge in [-0.25, -0.2) is 0 Å². The third-order valence-electron chi connectivity index (χ3n) is 5.65. The van der Waals surface area contributed by atoms with Gasteiger partial charge < -0.3 is 9.47 Å². The van der Waals surface area contributed by atoms with Crippen molar-refractivity contribution in [1.29, 1.82) is 0 Å². The number of esters is 1. The topological polar surface area (TPSA) is 38.8 Å². The molecule has 1 fully saturated rings. The molecule has 142 valence electrons. The van der Waals surface area contributed by atoms with E-state index >= 15 is 0 Å². The summed E-state index contributed by atoms with van der Waals surface area (Å²) in [6.45, 7) is 4.08. The molecule has 0 radical (unpaired) electrons. The van der Waals surface area contributed by atoms with Gasteiger partial charge in [-0.2, -0.15) is 0 Å². The van der Waals surface area contributed by atoms with E-state index in [-0.39, 0.29) is 11.9 Å². The zero-order chi connectivity index (χ0) is 19.0. The molecule has 4 rings (SSSR count). The van der Waals surface area contributed by atoms with Crippen molar-refractivity contribution in [3.63, 3.8) is 0 Å². The molecule has 1 aliphatic carbocycles. The molecule has 0 bridgehead atoms. The average molecular weight is 386 g/mol. The lowest BCUT2D eigenvalue weighted by atomic mass is 9.95. The molecule has 1 saturated heterocycles. The molecule has 2 aromatic rings. The summed E-state index contributed by atoms with van der Waals surface area (Å²) < 4.78 is 10.8. The lowest BCUT2D eigenvalue weighted by molar-refractivity contribution is -0.152. The van der Waals surface area contributed by atoms with Crippen molar-refractivity contribution >= 4 is 17.6 Å². The first-order valence-corrected chi connectivity index (χ1v) is 9.75. The van der Waals surface area contributed by atoms with Crippen LogP contribution in [0.4, 0.5) is 0 Å². The van der Waals surface area contributed by atoms with E-state index in [9.17, 15) is 4.79 Å². The number of carbonyl (C=O) groups excluding carboxylic acids is 1. The van der Waals surface area contributed by atoms with Crippen LogP contribution in [0.2, 0.25) is 5.02 Å². The van der Waals surface area contributed by atoms with Crippen LogP contribution in [-0.2, 0) is 22.6 Å². The number of nitrogens with zero attached hydrogens (tertiary/aromatic N) is 1. The number of hydrogen-bond acceptors (Lipinski definition) is 4. The Kier molecular flexibility index (Phi) is 5.11. The maximum Gasteiger partial charge on any atom is 0.311 e. The molecule has 5 heteroatoms. The first-order chi connectivity index (χ1) is 13.0. The summed E-state index contributed by atoms with van der Waals surface area (Å²) in [6, 6.07) is 12.8. The summed E-state index contributed by atoms with van der Waals surface area (Å²) in [5, 5.41) is 0.745. The number of hydrogen-bond donors (Lipinski definition) is 0. The summed E-state index contributed by atoms with van der Waals surface area (Å²) in [5.74, 6) is 0.811. The van der Waals surface area contributed by atoms with Gasteiger partial charge in [0, 0.05) is 29.7 Å². The van der Waals surface area contributed by atoms with Crippen LogP contribution in [0.5, 0.6) is 5.75 Å². The van der Waals surface area contributed by atoms with E-state index in [1.807, 2.05) is 31.2 Å². The molecule has 4 nitrogen and oxygen atoms in total. The fraction of sp³-hybridized carbons (Fsp3) is 0.409. The summed E-state index contributed by atoms with van der Waals surface area (Å²) in [7, 11) is 1.46. The summed E-state index contributed by atoms with van der Waals surface area (Å²) in [5.41, 5.74) is 4.84. The highest BCUT2D eigenvalue weighted by molar-refractivity contribution is 6.31. The van der Waals surface area contributed by atoms with E-state index in [2.05, 4.69) is 17.0 Å². The number of benzene rings is 2. The van der Waals surface area contributed by atoms with Crippen molar-refractivity contribution in [3.8, 4) is 5.75 Å². The van der Waals surface area contributed by atoms with Crippen molar-refractivity contribution in [1.82, 2.24) is 4.90 Å². The van der Waals surface area contributed by atoms with Crippen LogP contribution in [0.1, 0.15) is 34.7 Å². The van der Waals surface area contributed by atoms with E-state index in [0.29, 0.717) is 12.6 Å². The Labute approximate surface area is 165 Å². The summed E-state index contributed by atoms with van der Waals surface area (Å²) in [6.07, 6.45) is 2.14. The van der Waals surface area contributed by atoms with E-state index in [1.165, 1.54) is 18.2 Å². The van der Waals surface area contributed by atoms with E-state index in [1.54, 1.807) is 0 Å². The molecule has 0 amide bonds. The SMILES string of the molecule is COC(=O)C1CN(C2CCc3cc(OCc4ccc(C)cc4Cl)ccc32)C1. The molecule has 1 atom stereocenters. The van der Waals surface area contributed by atoms with Crippen LogP contribution in [-0.4, -0.2) is 31.1 Å². The first-order valence-electron chi connectivity index (χ1n) is 9.37. The van der Waals surface area contributed by atoms with Crippen molar-refractivity contribution < 1.29 is 14.3 Å². The Morgan fingerprint density at radius 1 is 1.22 bits per heavy atom. The van der Waals surface area contributed by atoms with Crippen molar-refractivity contribution in [3.05, 3.63) is 63.7 Å². The van der Waals surface area contributed by atoms with Gasteiger partial charge in [0.2, 0.25) is 0 Å². The number of halogens is 1. The van der Waals surface area contributed by atoms with Crippen LogP contribution < -0.4 is 4.74 Å². The second kappa shape index (κ2) is 7.53. The van der Waals surface area contributed by atoms with Crippen molar-refractivity contribution in [2.75, 3.05) is 20.2 Å². The molecule has 0 spiro atoms. The summed E-state index contributed by atoms with van der Waals surface area (Å²) >= 11 is 6.29. The highest BCUT2D eigenvalue weighted by Crippen LogP contribution is 2.40. The third-order valence-corrected chi connectivity index (χ3v) is 6.00. The Bertz CT molecular complexity index is 861. The van der Waals surface area contributed by atoms with Crippen LogP contribution in [0.15, 0.2) is 36.4 Å². The Morgan fingerprint density at radius 3 is 2.78 bits per heavy atom. The molecule has 2 aliphatic rings. The number of fused-ring (bicyclic) bond motifs is 1. The van der Waals surface area contributed by atoms with Crippen molar-refractivity contribution in [2.24, 2.45) is 5.92 Å². The molecule has 1 heterocycles. The van der Waals surface area contributed by atoms with Gasteiger partial charge in [0.05, 0.1) is 13.0 Å². The zero-order valence-corrected chi connectivity index (χ0v) is 16.5. The van der Waals surface area contributed by atoms with Crippen LogP contribution in [0.25, 0.3) is 0 Å². The number of aryl methyl sites for hydroxylation is 2. The Hall–Kier alpha value is -2.04. The van der Waals surface area contributed by atoms with Crippen LogP contribution in [0, 0.1) is 12.8 Å². The predicted molar refractivity (Wildman–Crippen MR) is 105 cm³/mol. The quantitative estimate of drug-likeness (QED) is 0.718. The Morgan fingerprint density at radius 2 is 2.04 bits per heavy atom. The molecule has 1 unspecified atom stereocenters. The molecule has 0 N–H and O–H groups in total. The van der Waals surface area contributed by atoms with Gasteiger partial charge in [0.25, 0.3) is 0 Å². The number of ether oxygens (including phenoxy) is 2. The molecular formula is C22H24ClNO3. The zero-order valence-electron chi connectivity index (χ0n) is 15.7. The molecule has 1 aliphatic heterocycles. The second-order valence-corrected chi connectivity index (χ2v) is 7.88. The van der Waals surface area contributed by atoms with Gasteiger partial charge in [-0.3, -0.25) is 9.69 Å². The maximum atomic E-state index is 11.6. The highest BCUT2D eigenvalue weighted by Gasteiger charge is 2.40. The Balaban J connectivity index is 1.39. The standard InChI is InChI=1S/C22H24ClNO3/c1-14-3-4-16(20(23)9-14)13-27-18-6-7-19-15(10-18)5-8-21(19)24-11-17(12-24)22(25)26-2/h3-4,6-7,9-10,17,21H,5,8,11-13H2,1-2H3. The minimum Gasteiger partial charge on any atom is -0.489 e. The van der Waals surface area contributed by atoms with Gasteiger partial charge in [-0.1, -0.05) is 29.8 Å². The highest BCUT2D eigenvalue weighted by atomic mass is 35.5. The van der Waals surface area contributed by atoms with Gasteiger partial charge >= 0.3 is 5.97 Å². The maximum absolute atomic E-state index is 11.6. The van der Waals surface area contributed by atoms with Crippen LogP contribution in [0.3, 0.4) is 0 Å². The normalized spacial score (nSPS) is 19.4. The van der Waals surface area contributed by atoms with E-state index in [4.69, 9.17) is 21.1 Å². The van der Waals surface area contributed by atoms with Gasteiger partial charge in [0.15, 0.2) is 0 Å². The molecule has 0 aromatic heterocycles. The fourth-order valence-corrected chi connectivity index (χ4v) is 4.34.